The first-order chi connectivity index (χ1) is 4.34. The van der Waals surface area contributed by atoms with E-state index < -0.39 is 0 Å². The summed E-state index contributed by atoms with van der Waals surface area (Å²) >= 11 is 0. The molecule has 1 aliphatic carbocycles. The third kappa shape index (κ3) is 2.40. The molecule has 0 fully saturated rings. The molecule has 10 heavy (non-hydrogen) atoms. The first kappa shape index (κ1) is 10.1. The van der Waals surface area contributed by atoms with Crippen LogP contribution in [0.1, 0.15) is 39.0 Å². The summed E-state index contributed by atoms with van der Waals surface area (Å²) in [5.74, 6) is 0.420. The van der Waals surface area contributed by atoms with Gasteiger partial charge in [0, 0.05) is 0 Å². The van der Waals surface area contributed by atoms with Crippen molar-refractivity contribution in [1.82, 2.24) is 0 Å². The van der Waals surface area contributed by atoms with E-state index in [-0.39, 0.29) is 18.9 Å². The maximum Gasteiger partial charge on any atom is 1.00 e. The zero-order valence-corrected chi connectivity index (χ0v) is 6.94. The van der Waals surface area contributed by atoms with Crippen LogP contribution in [0.5, 0.6) is 0 Å². The minimum atomic E-state index is 0. The molecule has 1 nitrogen and oxygen atoms in total. The van der Waals surface area contributed by atoms with Crippen LogP contribution in [0.15, 0.2) is 11.3 Å². The van der Waals surface area contributed by atoms with Crippen molar-refractivity contribution < 1.29 is 24.0 Å². The summed E-state index contributed by atoms with van der Waals surface area (Å²) in [5, 5.41) is 11.0. The van der Waals surface area contributed by atoms with Gasteiger partial charge in [-0.3, -0.25) is 0 Å². The minimum absolute atomic E-state index is 0. The molecule has 2 heteroatoms. The fourth-order valence-electron chi connectivity index (χ4n) is 1.31. The molecule has 0 N–H and O–H groups in total. The second-order valence-electron chi connectivity index (χ2n) is 2.59. The molecule has 0 spiro atoms. The van der Waals surface area contributed by atoms with Gasteiger partial charge in [0.05, 0.1) is 0 Å². The largest absolute Gasteiger partial charge is 1.00 e. The second-order valence-corrected chi connectivity index (χ2v) is 2.59. The van der Waals surface area contributed by atoms with Crippen molar-refractivity contribution in [3.8, 4) is 0 Å². The van der Waals surface area contributed by atoms with Crippen molar-refractivity contribution in [2.75, 3.05) is 0 Å². The van der Waals surface area contributed by atoms with Crippen molar-refractivity contribution in [2.45, 2.75) is 39.0 Å². The van der Waals surface area contributed by atoms with E-state index in [1.54, 1.807) is 0 Å². The van der Waals surface area contributed by atoms with Gasteiger partial charge in [0.15, 0.2) is 0 Å². The van der Waals surface area contributed by atoms with Crippen LogP contribution in [0.2, 0.25) is 0 Å². The normalized spacial score (nSPS) is 18.5. The molecule has 0 bridgehead atoms. The molecule has 1 rings (SSSR count). The Bertz CT molecular complexity index is 129. The van der Waals surface area contributed by atoms with Gasteiger partial charge in [-0.05, 0) is 25.7 Å². The molecule has 0 aromatic heterocycles. The Hall–Kier alpha value is 0.137. The Balaban J connectivity index is 0.000000810. The van der Waals surface area contributed by atoms with Crippen molar-refractivity contribution in [1.29, 1.82) is 0 Å². The number of hydrogen-bond acceptors (Lipinski definition) is 1. The number of rotatable bonds is 1. The third-order valence-electron chi connectivity index (χ3n) is 1.95. The van der Waals surface area contributed by atoms with E-state index in [1.807, 2.05) is 0 Å². The molecular formula is C8H13LiO. The van der Waals surface area contributed by atoms with E-state index in [1.165, 1.54) is 12.0 Å². The fraction of sp³-hybridized carbons (Fsp3) is 0.750. The summed E-state index contributed by atoms with van der Waals surface area (Å²) < 4.78 is 0. The summed E-state index contributed by atoms with van der Waals surface area (Å²) in [6, 6.07) is 0. The molecule has 0 unspecified atom stereocenters. The molecule has 0 saturated heterocycles. The van der Waals surface area contributed by atoms with Crippen molar-refractivity contribution in [3.05, 3.63) is 11.3 Å². The smallest absolute Gasteiger partial charge is 0.875 e. The predicted molar refractivity (Wildman–Crippen MR) is 35.8 cm³/mol. The van der Waals surface area contributed by atoms with E-state index >= 15 is 0 Å². The van der Waals surface area contributed by atoms with Crippen LogP contribution in [-0.4, -0.2) is 0 Å². The van der Waals surface area contributed by atoms with E-state index in [0.717, 1.165) is 25.7 Å². The molecule has 0 radical (unpaired) electrons. The number of allylic oxidation sites excluding steroid dienone is 2. The Morgan fingerprint density at radius 1 is 1.30 bits per heavy atom. The first-order valence-electron chi connectivity index (χ1n) is 3.72. The summed E-state index contributed by atoms with van der Waals surface area (Å²) in [5.41, 5.74) is 1.17. The van der Waals surface area contributed by atoms with Crippen LogP contribution in [0.3, 0.4) is 0 Å². The summed E-state index contributed by atoms with van der Waals surface area (Å²) in [6.45, 7) is 2.07. The molecule has 0 aliphatic heterocycles. The van der Waals surface area contributed by atoms with Gasteiger partial charge in [-0.1, -0.05) is 18.9 Å². The van der Waals surface area contributed by atoms with Gasteiger partial charge < -0.3 is 5.11 Å². The zero-order valence-electron chi connectivity index (χ0n) is 6.94. The minimum Gasteiger partial charge on any atom is -0.875 e. The Labute approximate surface area is 74.7 Å². The Morgan fingerprint density at radius 3 is 2.30 bits per heavy atom. The maximum absolute atomic E-state index is 11.0. The van der Waals surface area contributed by atoms with Gasteiger partial charge >= 0.3 is 18.9 Å². The summed E-state index contributed by atoms with van der Waals surface area (Å²) in [6.07, 6.45) is 5.19. The van der Waals surface area contributed by atoms with Crippen LogP contribution in [0, 0.1) is 0 Å². The maximum atomic E-state index is 11.0. The number of hydrogen-bond donors (Lipinski definition) is 0. The first-order valence-corrected chi connectivity index (χ1v) is 3.72. The summed E-state index contributed by atoms with van der Waals surface area (Å²) in [4.78, 5) is 0. The van der Waals surface area contributed by atoms with Crippen LogP contribution >= 0.6 is 0 Å². The van der Waals surface area contributed by atoms with Gasteiger partial charge in [-0.25, -0.2) is 0 Å². The van der Waals surface area contributed by atoms with Crippen LogP contribution in [0.25, 0.3) is 0 Å². The quantitative estimate of drug-likeness (QED) is 0.402. The molecule has 0 aromatic rings. The van der Waals surface area contributed by atoms with E-state index in [2.05, 4.69) is 6.92 Å². The molecule has 0 atom stereocenters. The average Bonchev–Trinajstić information content (AvgIpc) is 1.89. The average molecular weight is 132 g/mol. The molecule has 0 amide bonds. The van der Waals surface area contributed by atoms with E-state index in [0.29, 0.717) is 5.76 Å². The predicted octanol–water partition coefficient (Wildman–Crippen LogP) is -1.41. The topological polar surface area (TPSA) is 23.1 Å². The summed E-state index contributed by atoms with van der Waals surface area (Å²) in [7, 11) is 0. The van der Waals surface area contributed by atoms with Gasteiger partial charge in [0.2, 0.25) is 0 Å². The van der Waals surface area contributed by atoms with Gasteiger partial charge in [-0.2, -0.15) is 0 Å². The van der Waals surface area contributed by atoms with Crippen molar-refractivity contribution in [3.63, 3.8) is 0 Å². The van der Waals surface area contributed by atoms with E-state index in [9.17, 15) is 5.11 Å². The molecule has 0 aromatic carbocycles. The molecule has 1 aliphatic rings. The van der Waals surface area contributed by atoms with Crippen LogP contribution < -0.4 is 24.0 Å². The standard InChI is InChI=1S/C8H14O.Li/c1-2-7-5-3-4-6-8(7)9;/h9H,2-6H2,1H3;/q;+1/p-1. The van der Waals surface area contributed by atoms with Crippen LogP contribution in [0.4, 0.5) is 0 Å². The third-order valence-corrected chi connectivity index (χ3v) is 1.95. The van der Waals surface area contributed by atoms with Crippen molar-refractivity contribution >= 4 is 0 Å². The van der Waals surface area contributed by atoms with E-state index in [4.69, 9.17) is 0 Å². The molecule has 52 valence electrons. The van der Waals surface area contributed by atoms with Gasteiger partial charge in [0.25, 0.3) is 0 Å². The van der Waals surface area contributed by atoms with Crippen LogP contribution in [-0.2, 0) is 0 Å². The van der Waals surface area contributed by atoms with Gasteiger partial charge in [-0.15, -0.1) is 5.76 Å². The Kier molecular flexibility index (Phi) is 4.94. The van der Waals surface area contributed by atoms with Gasteiger partial charge in [0.1, 0.15) is 0 Å². The SMILES string of the molecule is CCC1=C([O-])CCCC1.[Li+]. The Morgan fingerprint density at radius 2 is 1.90 bits per heavy atom. The van der Waals surface area contributed by atoms with Crippen molar-refractivity contribution in [2.24, 2.45) is 0 Å². The fourth-order valence-corrected chi connectivity index (χ4v) is 1.31. The molecule has 0 saturated carbocycles. The molecule has 0 heterocycles. The zero-order chi connectivity index (χ0) is 6.69. The second kappa shape index (κ2) is 4.88. The molecular weight excluding hydrogens is 119 g/mol. The monoisotopic (exact) mass is 132 g/mol.